The predicted molar refractivity (Wildman–Crippen MR) is 102 cm³/mol. The highest BCUT2D eigenvalue weighted by molar-refractivity contribution is 7.01. The van der Waals surface area contributed by atoms with E-state index in [1.165, 1.54) is 25.3 Å². The van der Waals surface area contributed by atoms with E-state index in [2.05, 4.69) is 79.4 Å². The van der Waals surface area contributed by atoms with Crippen LogP contribution < -0.4 is 10.4 Å². The third-order valence-electron chi connectivity index (χ3n) is 6.25. The second-order valence-electron chi connectivity index (χ2n) is 7.64. The molecule has 0 spiro atoms. The molecular formula is C22H26Si-. The van der Waals surface area contributed by atoms with Crippen molar-refractivity contribution < 1.29 is 0 Å². The van der Waals surface area contributed by atoms with E-state index < -0.39 is 8.07 Å². The second kappa shape index (κ2) is 6.12. The zero-order chi connectivity index (χ0) is 15.7. The first kappa shape index (κ1) is 15.0. The fourth-order valence-electron chi connectivity index (χ4n) is 4.77. The highest BCUT2D eigenvalue weighted by Crippen LogP contribution is 2.45. The van der Waals surface area contributed by atoms with Crippen LogP contribution in [-0.4, -0.2) is 8.07 Å². The first-order chi connectivity index (χ1) is 11.3. The molecule has 0 aliphatic heterocycles. The number of benzene rings is 2. The van der Waals surface area contributed by atoms with Gasteiger partial charge < -0.3 is 0 Å². The van der Waals surface area contributed by atoms with Crippen molar-refractivity contribution in [2.75, 3.05) is 0 Å². The summed E-state index contributed by atoms with van der Waals surface area (Å²) in [4.78, 5) is 0. The summed E-state index contributed by atoms with van der Waals surface area (Å²) >= 11 is 0. The van der Waals surface area contributed by atoms with Gasteiger partial charge in [-0.05, 0) is 30.6 Å². The molecule has 0 nitrogen and oxygen atoms in total. The van der Waals surface area contributed by atoms with Crippen LogP contribution >= 0.6 is 0 Å². The predicted octanol–water partition coefficient (Wildman–Crippen LogP) is 4.48. The standard InChI is InChI=1S/C22H26Si/c1-23(21-8-4-2-5-9-21,22-10-6-3-7-11-22)15-14-20-17-18-12-13-19(20)16-18/h2-13,18-20H,14-17H2,1H3/q-1. The van der Waals surface area contributed by atoms with Crippen molar-refractivity contribution >= 4 is 18.4 Å². The minimum Gasteiger partial charge on any atom is -0.180 e. The topological polar surface area (TPSA) is 0 Å². The maximum absolute atomic E-state index is 2.57. The Labute approximate surface area is 141 Å². The highest BCUT2D eigenvalue weighted by Gasteiger charge is 2.35. The van der Waals surface area contributed by atoms with E-state index in [0.717, 1.165) is 17.8 Å². The lowest BCUT2D eigenvalue weighted by atomic mass is 9.91. The Hall–Kier alpha value is -1.60. The van der Waals surface area contributed by atoms with Crippen LogP contribution in [0.25, 0.3) is 0 Å². The van der Waals surface area contributed by atoms with Crippen LogP contribution in [0.5, 0.6) is 0 Å². The molecule has 1 fully saturated rings. The lowest BCUT2D eigenvalue weighted by Crippen LogP contribution is -2.55. The van der Waals surface area contributed by atoms with Crippen molar-refractivity contribution in [3.05, 3.63) is 72.8 Å². The molecule has 0 heterocycles. The molecule has 4 rings (SSSR count). The summed E-state index contributed by atoms with van der Waals surface area (Å²) < 4.78 is 0. The van der Waals surface area contributed by atoms with Crippen LogP contribution in [-0.2, 0) is 0 Å². The molecule has 1 heteroatoms. The van der Waals surface area contributed by atoms with Gasteiger partial charge in [-0.15, -0.1) is 6.04 Å². The van der Waals surface area contributed by atoms with Gasteiger partial charge in [-0.2, -0.15) is 16.9 Å². The monoisotopic (exact) mass is 318 g/mol. The molecular weight excluding hydrogens is 292 g/mol. The Morgan fingerprint density at radius 3 is 1.91 bits per heavy atom. The van der Waals surface area contributed by atoms with E-state index in [0.29, 0.717) is 0 Å². The van der Waals surface area contributed by atoms with Gasteiger partial charge >= 0.3 is 0 Å². The van der Waals surface area contributed by atoms with Crippen molar-refractivity contribution in [1.29, 1.82) is 0 Å². The SMILES string of the molecule is C[Si-](CCC1CC2C=CC1C2)(c1ccccc1)c1ccccc1. The van der Waals surface area contributed by atoms with E-state index >= 15 is 0 Å². The summed E-state index contributed by atoms with van der Waals surface area (Å²) in [5.74, 6) is 2.71. The Morgan fingerprint density at radius 1 is 0.826 bits per heavy atom. The molecule has 2 bridgehead atoms. The van der Waals surface area contributed by atoms with Gasteiger partial charge in [-0.25, -0.2) is 0 Å². The number of hydrogen-bond acceptors (Lipinski definition) is 0. The Morgan fingerprint density at radius 2 is 1.43 bits per heavy atom. The summed E-state index contributed by atoms with van der Waals surface area (Å²) in [6.45, 7) is 2.57. The summed E-state index contributed by atoms with van der Waals surface area (Å²) in [5, 5.41) is 3.18. The maximum atomic E-state index is 2.57. The molecule has 2 aliphatic rings. The molecule has 2 aromatic carbocycles. The molecule has 1 saturated carbocycles. The van der Waals surface area contributed by atoms with Crippen molar-refractivity contribution in [2.45, 2.75) is 31.9 Å². The average Bonchev–Trinajstić information content (AvgIpc) is 3.24. The molecule has 119 valence electrons. The largest absolute Gasteiger partial charge is 0.180 e. The fourth-order valence-corrected chi connectivity index (χ4v) is 8.48. The van der Waals surface area contributed by atoms with Crippen molar-refractivity contribution in [2.24, 2.45) is 17.8 Å². The first-order valence-corrected chi connectivity index (χ1v) is 11.8. The Kier molecular flexibility index (Phi) is 3.98. The molecule has 3 atom stereocenters. The smallest absolute Gasteiger partial charge is 0.0200 e. The molecule has 2 aliphatic carbocycles. The number of fused-ring (bicyclic) bond motifs is 2. The normalized spacial score (nSPS) is 25.9. The average molecular weight is 319 g/mol. The van der Waals surface area contributed by atoms with Crippen LogP contribution in [0, 0.1) is 17.8 Å². The van der Waals surface area contributed by atoms with Gasteiger partial charge in [0.15, 0.2) is 0 Å². The highest BCUT2D eigenvalue weighted by atomic mass is 28.3. The molecule has 0 N–H and O–H groups in total. The Bertz CT molecular complexity index is 634. The van der Waals surface area contributed by atoms with Gasteiger partial charge in [0.25, 0.3) is 0 Å². The van der Waals surface area contributed by atoms with Gasteiger partial charge in [-0.1, -0.05) is 87.3 Å². The second-order valence-corrected chi connectivity index (χ2v) is 12.0. The number of hydrogen-bond donors (Lipinski definition) is 0. The van der Waals surface area contributed by atoms with E-state index in [1.54, 1.807) is 10.4 Å². The number of rotatable bonds is 5. The van der Waals surface area contributed by atoms with E-state index in [4.69, 9.17) is 0 Å². The van der Waals surface area contributed by atoms with E-state index in [1.807, 2.05) is 0 Å². The van der Waals surface area contributed by atoms with E-state index in [9.17, 15) is 0 Å². The lowest BCUT2D eigenvalue weighted by molar-refractivity contribution is 0.433. The summed E-state index contributed by atoms with van der Waals surface area (Å²) in [6, 6.07) is 24.0. The third kappa shape index (κ3) is 2.83. The summed E-state index contributed by atoms with van der Waals surface area (Å²) in [6.07, 6.45) is 9.24. The zero-order valence-electron chi connectivity index (χ0n) is 14.0. The van der Waals surface area contributed by atoms with E-state index in [-0.39, 0.29) is 0 Å². The number of allylic oxidation sites excluding steroid dienone is 2. The molecule has 3 unspecified atom stereocenters. The molecule has 0 aromatic heterocycles. The van der Waals surface area contributed by atoms with Gasteiger partial charge in [0.2, 0.25) is 0 Å². The first-order valence-electron chi connectivity index (χ1n) is 9.05. The molecule has 2 aromatic rings. The van der Waals surface area contributed by atoms with Gasteiger partial charge in [0.1, 0.15) is 0 Å². The lowest BCUT2D eigenvalue weighted by Gasteiger charge is -2.42. The molecule has 0 saturated heterocycles. The van der Waals surface area contributed by atoms with Crippen LogP contribution in [0.2, 0.25) is 12.6 Å². The van der Waals surface area contributed by atoms with Crippen LogP contribution in [0.4, 0.5) is 0 Å². The molecule has 0 radical (unpaired) electrons. The minimum atomic E-state index is -1.62. The van der Waals surface area contributed by atoms with Crippen molar-refractivity contribution in [3.63, 3.8) is 0 Å². The fraction of sp³-hybridized carbons (Fsp3) is 0.364. The Balaban J connectivity index is 1.59. The van der Waals surface area contributed by atoms with Crippen LogP contribution in [0.3, 0.4) is 0 Å². The summed E-state index contributed by atoms with van der Waals surface area (Å²) in [7, 11) is -1.62. The van der Waals surface area contributed by atoms with Gasteiger partial charge in [-0.3, -0.25) is 0 Å². The van der Waals surface area contributed by atoms with Crippen molar-refractivity contribution in [1.82, 2.24) is 0 Å². The minimum absolute atomic E-state index is 0.879. The quantitative estimate of drug-likeness (QED) is 0.563. The molecule has 23 heavy (non-hydrogen) atoms. The maximum Gasteiger partial charge on any atom is -0.0200 e. The summed E-state index contributed by atoms with van der Waals surface area (Å²) in [5.41, 5.74) is 0. The van der Waals surface area contributed by atoms with Gasteiger partial charge in [0, 0.05) is 0 Å². The zero-order valence-corrected chi connectivity index (χ0v) is 15.0. The van der Waals surface area contributed by atoms with Crippen LogP contribution in [0.1, 0.15) is 19.3 Å². The third-order valence-corrected chi connectivity index (χ3v) is 10.8. The molecule has 0 amide bonds. The van der Waals surface area contributed by atoms with Gasteiger partial charge in [0.05, 0.1) is 0 Å². The van der Waals surface area contributed by atoms with Crippen molar-refractivity contribution in [3.8, 4) is 0 Å². The van der Waals surface area contributed by atoms with Crippen LogP contribution in [0.15, 0.2) is 72.8 Å².